The van der Waals surface area contributed by atoms with E-state index in [0.29, 0.717) is 0 Å². The average molecular weight is 350 g/mol. The van der Waals surface area contributed by atoms with Crippen molar-refractivity contribution in [3.8, 4) is 11.3 Å². The molecule has 0 amide bonds. The van der Waals surface area contributed by atoms with Crippen molar-refractivity contribution in [3.63, 3.8) is 0 Å². The molecule has 0 aliphatic carbocycles. The van der Waals surface area contributed by atoms with Gasteiger partial charge in [-0.3, -0.25) is 10.00 Å². The minimum atomic E-state index is -0.926. The normalized spacial score (nSPS) is 16.2. The van der Waals surface area contributed by atoms with Crippen molar-refractivity contribution in [2.45, 2.75) is 6.54 Å². The second-order valence-electron chi connectivity index (χ2n) is 6.87. The fourth-order valence-electron chi connectivity index (χ4n) is 3.49. The zero-order chi connectivity index (χ0) is 18.1. The first kappa shape index (κ1) is 16.8. The van der Waals surface area contributed by atoms with Crippen LogP contribution in [0.3, 0.4) is 0 Å². The molecule has 0 radical (unpaired) electrons. The molecule has 26 heavy (non-hydrogen) atoms. The number of H-pyrrole nitrogens is 1. The molecule has 2 N–H and O–H groups in total. The van der Waals surface area contributed by atoms with E-state index in [4.69, 9.17) is 0 Å². The van der Waals surface area contributed by atoms with Crippen molar-refractivity contribution < 1.29 is 9.90 Å². The monoisotopic (exact) mass is 350 g/mol. The van der Waals surface area contributed by atoms with Crippen molar-refractivity contribution in [1.82, 2.24) is 20.0 Å². The molecule has 0 atom stereocenters. The number of fused-ring (bicyclic) bond motifs is 1. The third-order valence-corrected chi connectivity index (χ3v) is 5.07. The number of aromatic carboxylic acids is 1. The Morgan fingerprint density at radius 2 is 1.92 bits per heavy atom. The number of benzene rings is 2. The molecular formula is C20H22N4O2. The lowest BCUT2D eigenvalue weighted by Crippen LogP contribution is -2.43. The van der Waals surface area contributed by atoms with E-state index in [-0.39, 0.29) is 5.56 Å². The topological polar surface area (TPSA) is 72.5 Å². The van der Waals surface area contributed by atoms with Gasteiger partial charge < -0.3 is 10.0 Å². The number of aromatic amines is 1. The van der Waals surface area contributed by atoms with Crippen molar-refractivity contribution in [1.29, 1.82) is 0 Å². The predicted molar refractivity (Wildman–Crippen MR) is 101 cm³/mol. The number of carboxylic acids is 1. The molecule has 1 saturated heterocycles. The Morgan fingerprint density at radius 1 is 1.15 bits per heavy atom. The summed E-state index contributed by atoms with van der Waals surface area (Å²) in [5, 5.41) is 17.7. The van der Waals surface area contributed by atoms with Gasteiger partial charge in [-0.05, 0) is 30.8 Å². The number of carboxylic acid groups (broad SMARTS) is 1. The highest BCUT2D eigenvalue weighted by Crippen LogP contribution is 2.30. The molecule has 3 aromatic rings. The highest BCUT2D eigenvalue weighted by Gasteiger charge is 2.18. The van der Waals surface area contributed by atoms with E-state index < -0.39 is 5.97 Å². The number of hydrogen-bond acceptors (Lipinski definition) is 4. The van der Waals surface area contributed by atoms with E-state index >= 15 is 0 Å². The van der Waals surface area contributed by atoms with Crippen LogP contribution in [0.5, 0.6) is 0 Å². The van der Waals surface area contributed by atoms with E-state index in [2.05, 4.69) is 39.2 Å². The van der Waals surface area contributed by atoms with Gasteiger partial charge in [0, 0.05) is 43.7 Å². The first-order valence-corrected chi connectivity index (χ1v) is 8.82. The number of hydrogen-bond donors (Lipinski definition) is 2. The SMILES string of the molecule is CN1CCN(Cc2ccccc2-c2n[nH]c3ccc(C(=O)O)cc23)CC1. The Hall–Kier alpha value is -2.70. The summed E-state index contributed by atoms with van der Waals surface area (Å²) in [6, 6.07) is 13.3. The van der Waals surface area contributed by atoms with Gasteiger partial charge in [0.05, 0.1) is 11.1 Å². The van der Waals surface area contributed by atoms with Crippen LogP contribution in [0.2, 0.25) is 0 Å². The number of aromatic nitrogens is 2. The quantitative estimate of drug-likeness (QED) is 0.757. The van der Waals surface area contributed by atoms with Crippen LogP contribution in [0.25, 0.3) is 22.2 Å². The lowest BCUT2D eigenvalue weighted by atomic mass is 10.00. The maximum Gasteiger partial charge on any atom is 0.335 e. The summed E-state index contributed by atoms with van der Waals surface area (Å²) in [4.78, 5) is 16.1. The number of likely N-dealkylation sites (N-methyl/N-ethyl adjacent to an activating group) is 1. The lowest BCUT2D eigenvalue weighted by Gasteiger charge is -2.32. The molecular weight excluding hydrogens is 328 g/mol. The van der Waals surface area contributed by atoms with Crippen LogP contribution in [-0.4, -0.2) is 64.3 Å². The van der Waals surface area contributed by atoms with Crippen LogP contribution in [0, 0.1) is 0 Å². The largest absolute Gasteiger partial charge is 0.478 e. The van der Waals surface area contributed by atoms with Crippen LogP contribution in [0.15, 0.2) is 42.5 Å². The molecule has 134 valence electrons. The van der Waals surface area contributed by atoms with Gasteiger partial charge in [0.25, 0.3) is 0 Å². The molecule has 1 aromatic heterocycles. The van der Waals surface area contributed by atoms with Crippen LogP contribution in [-0.2, 0) is 6.54 Å². The molecule has 0 unspecified atom stereocenters. The van der Waals surface area contributed by atoms with E-state index in [1.807, 2.05) is 12.1 Å². The van der Waals surface area contributed by atoms with E-state index in [0.717, 1.165) is 54.9 Å². The molecule has 2 aromatic carbocycles. The molecule has 0 spiro atoms. The molecule has 6 nitrogen and oxygen atoms in total. The zero-order valence-electron chi connectivity index (χ0n) is 14.8. The van der Waals surface area contributed by atoms with Crippen LogP contribution in [0.4, 0.5) is 0 Å². The highest BCUT2D eigenvalue weighted by molar-refractivity contribution is 5.99. The minimum absolute atomic E-state index is 0.275. The summed E-state index contributed by atoms with van der Waals surface area (Å²) < 4.78 is 0. The summed E-state index contributed by atoms with van der Waals surface area (Å²) in [5.41, 5.74) is 4.20. The second-order valence-corrected chi connectivity index (χ2v) is 6.87. The first-order valence-electron chi connectivity index (χ1n) is 8.82. The molecule has 4 rings (SSSR count). The molecule has 1 fully saturated rings. The van der Waals surface area contributed by atoms with Gasteiger partial charge in [-0.25, -0.2) is 4.79 Å². The van der Waals surface area contributed by atoms with E-state index in [9.17, 15) is 9.90 Å². The van der Waals surface area contributed by atoms with Gasteiger partial charge in [0.1, 0.15) is 5.69 Å². The molecule has 1 aliphatic heterocycles. The van der Waals surface area contributed by atoms with Crippen LogP contribution >= 0.6 is 0 Å². The van der Waals surface area contributed by atoms with Gasteiger partial charge in [-0.1, -0.05) is 24.3 Å². The molecule has 6 heteroatoms. The molecule has 1 aliphatic rings. The Labute approximate surface area is 152 Å². The van der Waals surface area contributed by atoms with Crippen LogP contribution in [0.1, 0.15) is 15.9 Å². The Bertz CT molecular complexity index is 942. The minimum Gasteiger partial charge on any atom is -0.478 e. The number of nitrogens with zero attached hydrogens (tertiary/aromatic N) is 3. The van der Waals surface area contributed by atoms with Crippen LogP contribution < -0.4 is 0 Å². The van der Waals surface area contributed by atoms with Gasteiger partial charge in [-0.15, -0.1) is 0 Å². The van der Waals surface area contributed by atoms with Gasteiger partial charge in [-0.2, -0.15) is 5.10 Å². The average Bonchev–Trinajstić information content (AvgIpc) is 3.07. The van der Waals surface area contributed by atoms with Crippen molar-refractivity contribution >= 4 is 16.9 Å². The smallest absolute Gasteiger partial charge is 0.335 e. The second kappa shape index (κ2) is 6.90. The summed E-state index contributed by atoms with van der Waals surface area (Å²) in [6.45, 7) is 5.13. The summed E-state index contributed by atoms with van der Waals surface area (Å²) in [6.07, 6.45) is 0. The van der Waals surface area contributed by atoms with E-state index in [1.54, 1.807) is 18.2 Å². The summed E-state index contributed by atoms with van der Waals surface area (Å²) >= 11 is 0. The maximum absolute atomic E-state index is 11.3. The maximum atomic E-state index is 11.3. The summed E-state index contributed by atoms with van der Waals surface area (Å²) in [5.74, 6) is -0.926. The highest BCUT2D eigenvalue weighted by atomic mass is 16.4. The third-order valence-electron chi connectivity index (χ3n) is 5.07. The van der Waals surface area contributed by atoms with Gasteiger partial charge in [0.15, 0.2) is 0 Å². The number of rotatable bonds is 4. The fourth-order valence-corrected chi connectivity index (χ4v) is 3.49. The molecule has 0 saturated carbocycles. The molecule has 2 heterocycles. The first-order chi connectivity index (χ1) is 12.6. The molecule has 0 bridgehead atoms. The van der Waals surface area contributed by atoms with Gasteiger partial charge >= 0.3 is 5.97 Å². The van der Waals surface area contributed by atoms with Gasteiger partial charge in [0.2, 0.25) is 0 Å². The Balaban J connectivity index is 1.71. The standard InChI is InChI=1S/C20H22N4O2/c1-23-8-10-24(11-9-23)13-15-4-2-3-5-16(15)19-17-12-14(20(25)26)6-7-18(17)21-22-19/h2-7,12H,8-11,13H2,1H3,(H,21,22)(H,25,26). The Morgan fingerprint density at radius 3 is 2.69 bits per heavy atom. The predicted octanol–water partition coefficient (Wildman–Crippen LogP) is 2.68. The zero-order valence-corrected chi connectivity index (χ0v) is 14.8. The van der Waals surface area contributed by atoms with Crippen molar-refractivity contribution in [2.24, 2.45) is 0 Å². The lowest BCUT2D eigenvalue weighted by molar-refractivity contribution is 0.0697. The summed E-state index contributed by atoms with van der Waals surface area (Å²) in [7, 11) is 2.15. The number of nitrogens with one attached hydrogen (secondary N) is 1. The fraction of sp³-hybridized carbons (Fsp3) is 0.300. The number of piperazine rings is 1. The van der Waals surface area contributed by atoms with Crippen molar-refractivity contribution in [3.05, 3.63) is 53.6 Å². The van der Waals surface area contributed by atoms with Crippen molar-refractivity contribution in [2.75, 3.05) is 33.2 Å². The Kier molecular flexibility index (Phi) is 4.44. The number of carbonyl (C=O) groups is 1. The van der Waals surface area contributed by atoms with E-state index in [1.165, 1.54) is 5.56 Å². The third kappa shape index (κ3) is 3.21.